The second-order valence-electron chi connectivity index (χ2n) is 7.02. The summed E-state index contributed by atoms with van der Waals surface area (Å²) >= 11 is 6.15. The summed E-state index contributed by atoms with van der Waals surface area (Å²) < 4.78 is 80.0. The quantitative estimate of drug-likeness (QED) is 0.354. The normalized spacial score (nSPS) is 13.6. The Morgan fingerprint density at radius 3 is 2.00 bits per heavy atom. The molecule has 0 saturated heterocycles. The van der Waals surface area contributed by atoms with Gasteiger partial charge in [-0.25, -0.2) is 0 Å². The molecule has 6 nitrogen and oxygen atoms in total. The lowest BCUT2D eigenvalue weighted by Crippen LogP contribution is -2.12. The van der Waals surface area contributed by atoms with E-state index in [2.05, 4.69) is 20.7 Å². The largest absolute Gasteiger partial charge is 0.493 e. The second kappa shape index (κ2) is 8.76. The van der Waals surface area contributed by atoms with Gasteiger partial charge in [0.2, 0.25) is 11.7 Å². The number of nitrogens with zero attached hydrogens (tertiary/aromatic N) is 5. The zero-order chi connectivity index (χ0) is 24.7. The van der Waals surface area contributed by atoms with E-state index in [-0.39, 0.29) is 26.3 Å². The van der Waals surface area contributed by atoms with Gasteiger partial charge in [-0.2, -0.15) is 26.3 Å². The van der Waals surface area contributed by atoms with Crippen molar-refractivity contribution in [2.45, 2.75) is 18.9 Å². The lowest BCUT2D eigenvalue weighted by Gasteiger charge is -2.14. The molecule has 0 atom stereocenters. The summed E-state index contributed by atoms with van der Waals surface area (Å²) in [6.45, 7) is -0.477. The van der Waals surface area contributed by atoms with Crippen LogP contribution in [0.25, 0.3) is 11.9 Å². The minimum absolute atomic E-state index is 0.0473. The van der Waals surface area contributed by atoms with E-state index < -0.39 is 30.0 Å². The predicted octanol–water partition coefficient (Wildman–Crippen LogP) is 5.80. The maximum Gasteiger partial charge on any atom is 0.416 e. The number of rotatable bonds is 3. The van der Waals surface area contributed by atoms with Gasteiger partial charge in [0, 0.05) is 5.22 Å². The van der Waals surface area contributed by atoms with E-state index in [4.69, 9.17) is 12.2 Å². The molecular weight excluding hydrogens is 504 g/mol. The summed E-state index contributed by atoms with van der Waals surface area (Å²) in [5.41, 5.74) is -3.19. The average molecular weight is 515 g/mol. The van der Waals surface area contributed by atoms with E-state index in [9.17, 15) is 31.4 Å². The maximum atomic E-state index is 13.1. The molecule has 3 aromatic rings. The molecule has 0 saturated carbocycles. The van der Waals surface area contributed by atoms with E-state index in [0.29, 0.717) is 28.4 Å². The van der Waals surface area contributed by atoms with Crippen molar-refractivity contribution in [2.75, 3.05) is 0 Å². The molecule has 0 radical (unpaired) electrons. The van der Waals surface area contributed by atoms with Crippen LogP contribution in [-0.4, -0.2) is 9.67 Å². The molecule has 4 rings (SSSR count). The van der Waals surface area contributed by atoms with Gasteiger partial charge in [-0.1, -0.05) is 24.3 Å². The van der Waals surface area contributed by atoms with Gasteiger partial charge >= 0.3 is 12.4 Å². The second-order valence-corrected chi connectivity index (χ2v) is 8.70. The summed E-state index contributed by atoms with van der Waals surface area (Å²) in [6.07, 6.45) is -8.37. The Bertz CT molecular complexity index is 1430. The SMILES string of the molecule is Oc1c(C=c2ccc(=C3N=NN=N3)cc2)sc(=S)n1Cc1cc(C(F)(F)F)cc(C(F)(F)F)c1. The van der Waals surface area contributed by atoms with Gasteiger partial charge < -0.3 is 5.11 Å². The topological polar surface area (TPSA) is 74.6 Å². The van der Waals surface area contributed by atoms with Gasteiger partial charge in [-0.3, -0.25) is 4.57 Å². The Morgan fingerprint density at radius 1 is 0.912 bits per heavy atom. The van der Waals surface area contributed by atoms with Gasteiger partial charge in [-0.15, -0.1) is 21.6 Å². The molecule has 176 valence electrons. The van der Waals surface area contributed by atoms with Crippen LogP contribution in [0.15, 0.2) is 63.1 Å². The molecule has 34 heavy (non-hydrogen) atoms. The van der Waals surface area contributed by atoms with Crippen molar-refractivity contribution >= 4 is 35.5 Å². The molecule has 0 amide bonds. The van der Waals surface area contributed by atoms with Crippen molar-refractivity contribution in [1.82, 2.24) is 4.57 Å². The molecule has 0 spiro atoms. The van der Waals surface area contributed by atoms with Crippen molar-refractivity contribution in [1.29, 1.82) is 0 Å². The first kappa shape index (κ1) is 23.8. The van der Waals surface area contributed by atoms with Gasteiger partial charge in [0.25, 0.3) is 0 Å². The molecule has 0 bridgehead atoms. The molecule has 1 aliphatic heterocycles. The van der Waals surface area contributed by atoms with Crippen molar-refractivity contribution in [3.63, 3.8) is 0 Å². The zero-order valence-electron chi connectivity index (χ0n) is 16.6. The molecule has 2 aromatic carbocycles. The Morgan fingerprint density at radius 2 is 1.47 bits per heavy atom. The highest BCUT2D eigenvalue weighted by atomic mass is 32.1. The molecule has 0 aliphatic carbocycles. The number of hydrogen-bond donors (Lipinski definition) is 1. The first-order chi connectivity index (χ1) is 15.9. The highest BCUT2D eigenvalue weighted by molar-refractivity contribution is 7.73. The van der Waals surface area contributed by atoms with Crippen LogP contribution in [0.5, 0.6) is 5.88 Å². The molecule has 2 heterocycles. The molecule has 1 aliphatic rings. The number of aromatic hydroxyl groups is 1. The number of halogens is 6. The van der Waals surface area contributed by atoms with Gasteiger partial charge in [0.05, 0.1) is 22.5 Å². The monoisotopic (exact) mass is 515 g/mol. The fraction of sp³-hybridized carbons (Fsp3) is 0.150. The van der Waals surface area contributed by atoms with E-state index in [0.717, 1.165) is 15.9 Å². The minimum atomic E-state index is -4.97. The summed E-state index contributed by atoms with van der Waals surface area (Å²) in [4.78, 5) is 0.286. The third kappa shape index (κ3) is 5.07. The standard InChI is InChI=1S/C20H11F6N5OS2/c21-19(22,23)13-5-11(6-14(8-13)20(24,25)26)9-31-17(32)15(34-18(31)33)7-10-1-3-12(4-2-10)16-27-29-30-28-16/h1-8,32H,9H2. The van der Waals surface area contributed by atoms with Crippen LogP contribution in [0.4, 0.5) is 26.3 Å². The number of hydrogen-bond acceptors (Lipinski definition) is 7. The van der Waals surface area contributed by atoms with Crippen molar-refractivity contribution in [2.24, 2.45) is 20.7 Å². The predicted molar refractivity (Wildman–Crippen MR) is 113 cm³/mol. The van der Waals surface area contributed by atoms with E-state index in [1.807, 2.05) is 0 Å². The number of benzene rings is 2. The van der Waals surface area contributed by atoms with Crippen LogP contribution in [0.1, 0.15) is 21.6 Å². The number of thiazole rings is 1. The van der Waals surface area contributed by atoms with Gasteiger partial charge in [0.1, 0.15) is 0 Å². The Balaban J connectivity index is 1.71. The molecular formula is C20H11F6N5OS2. The Kier molecular flexibility index (Phi) is 6.12. The molecule has 14 heteroatoms. The summed E-state index contributed by atoms with van der Waals surface area (Å²) in [5, 5.41) is 26.1. The fourth-order valence-corrected chi connectivity index (χ4v) is 4.35. The summed E-state index contributed by atoms with van der Waals surface area (Å²) in [7, 11) is 0. The van der Waals surface area contributed by atoms with Crippen LogP contribution < -0.4 is 10.4 Å². The van der Waals surface area contributed by atoms with Crippen LogP contribution in [0.2, 0.25) is 0 Å². The lowest BCUT2D eigenvalue weighted by atomic mass is 10.0. The molecule has 1 N–H and O–H groups in total. The number of alkyl halides is 6. The lowest BCUT2D eigenvalue weighted by molar-refractivity contribution is -0.143. The smallest absolute Gasteiger partial charge is 0.416 e. The first-order valence-corrected chi connectivity index (χ1v) is 10.5. The third-order valence-electron chi connectivity index (χ3n) is 4.67. The molecule has 0 unspecified atom stereocenters. The first-order valence-electron chi connectivity index (χ1n) is 9.26. The average Bonchev–Trinajstić information content (AvgIpc) is 3.38. The molecule has 1 aromatic heterocycles. The highest BCUT2D eigenvalue weighted by Crippen LogP contribution is 2.37. The van der Waals surface area contributed by atoms with Crippen molar-refractivity contribution in [3.05, 3.63) is 78.4 Å². The van der Waals surface area contributed by atoms with Gasteiger partial charge in [-0.05, 0) is 57.7 Å². The summed E-state index contributed by atoms with van der Waals surface area (Å²) in [6, 6.07) is 8.03. The van der Waals surface area contributed by atoms with Crippen molar-refractivity contribution in [3.8, 4) is 5.88 Å². The van der Waals surface area contributed by atoms with Crippen LogP contribution in [0.3, 0.4) is 0 Å². The Labute approximate surface area is 195 Å². The van der Waals surface area contributed by atoms with Crippen LogP contribution in [-0.2, 0) is 18.9 Å². The maximum absolute atomic E-state index is 13.1. The van der Waals surface area contributed by atoms with Crippen LogP contribution in [0, 0.1) is 3.95 Å². The zero-order valence-corrected chi connectivity index (χ0v) is 18.2. The van der Waals surface area contributed by atoms with Crippen LogP contribution >= 0.6 is 23.6 Å². The minimum Gasteiger partial charge on any atom is -0.493 e. The van der Waals surface area contributed by atoms with Crippen molar-refractivity contribution < 1.29 is 31.4 Å². The fourth-order valence-electron chi connectivity index (χ4n) is 3.08. The third-order valence-corrected chi connectivity index (χ3v) is 6.05. The summed E-state index contributed by atoms with van der Waals surface area (Å²) in [5.74, 6) is -0.0478. The van der Waals surface area contributed by atoms with Gasteiger partial charge in [0.15, 0.2) is 3.95 Å². The number of aromatic nitrogens is 1. The van der Waals surface area contributed by atoms with E-state index in [1.165, 1.54) is 0 Å². The van der Waals surface area contributed by atoms with E-state index >= 15 is 0 Å². The Hall–Kier alpha value is -3.39. The highest BCUT2D eigenvalue weighted by Gasteiger charge is 2.37. The molecule has 0 fully saturated rings. The van der Waals surface area contributed by atoms with E-state index in [1.54, 1.807) is 30.3 Å².